The van der Waals surface area contributed by atoms with Crippen LogP contribution >= 0.6 is 45.2 Å². The van der Waals surface area contributed by atoms with Crippen LogP contribution in [0.3, 0.4) is 0 Å². The molecule has 0 N–H and O–H groups in total. The van der Waals surface area contributed by atoms with E-state index in [4.69, 9.17) is 5.21 Å². The number of hydrogen-bond donors (Lipinski definition) is 0. The summed E-state index contributed by atoms with van der Waals surface area (Å²) in [6.07, 6.45) is 0. The largest absolute Gasteiger partial charge is 1.00 e. The van der Waals surface area contributed by atoms with Crippen molar-refractivity contribution >= 4 is 45.2 Å². The van der Waals surface area contributed by atoms with Gasteiger partial charge in [0.25, 0.3) is 0 Å². The minimum atomic E-state index is 0. The lowest BCUT2D eigenvalue weighted by atomic mass is 10.1. The van der Waals surface area contributed by atoms with Crippen molar-refractivity contribution in [2.75, 3.05) is 0 Å². The van der Waals surface area contributed by atoms with Crippen LogP contribution in [0.5, 0.6) is 0 Å². The molecule has 0 atom stereocenters. The van der Waals surface area contributed by atoms with Crippen LogP contribution < -0.4 is 21.7 Å². The standard InChI is InChI=1S/C20H22I2N3.BrH/c1-11-7-13(3)17(14(4)8-11)24-19(21)20(22)25(23-24)18-15(5)9-12(2)10-16(18)6;/h7-10H,1-6H3;1H/q+1;/p-1. The molecule has 0 unspecified atom stereocenters. The van der Waals surface area contributed by atoms with Crippen LogP contribution in [-0.4, -0.2) is 9.90 Å². The third kappa shape index (κ3) is 3.87. The Hall–Kier alpha value is -0.480. The van der Waals surface area contributed by atoms with E-state index in [0.29, 0.717) is 0 Å². The minimum Gasteiger partial charge on any atom is -1.00 e. The third-order valence-electron chi connectivity index (χ3n) is 4.42. The van der Waals surface area contributed by atoms with Gasteiger partial charge in [0.15, 0.2) is 11.4 Å². The van der Waals surface area contributed by atoms with Gasteiger partial charge in [0.1, 0.15) is 5.21 Å². The molecule has 138 valence electrons. The van der Waals surface area contributed by atoms with Crippen LogP contribution in [0.15, 0.2) is 24.3 Å². The molecule has 3 rings (SSSR count). The molecule has 1 heterocycles. The van der Waals surface area contributed by atoms with Gasteiger partial charge in [-0.3, -0.25) is 0 Å². The molecule has 0 saturated heterocycles. The number of aryl methyl sites for hydroxylation is 6. The van der Waals surface area contributed by atoms with Gasteiger partial charge in [0, 0.05) is 45.2 Å². The Labute approximate surface area is 193 Å². The van der Waals surface area contributed by atoms with Crippen molar-refractivity contribution < 1.29 is 21.7 Å². The van der Waals surface area contributed by atoms with Gasteiger partial charge in [0.05, 0.1) is 0 Å². The van der Waals surface area contributed by atoms with Crippen LogP contribution in [-0.2, 0) is 0 Å². The Morgan fingerprint density at radius 3 is 1.65 bits per heavy atom. The average Bonchev–Trinajstić information content (AvgIpc) is 2.74. The maximum absolute atomic E-state index is 4.97. The van der Waals surface area contributed by atoms with Gasteiger partial charge in [-0.1, -0.05) is 44.8 Å². The average molecular weight is 638 g/mol. The van der Waals surface area contributed by atoms with E-state index in [9.17, 15) is 0 Å². The number of rotatable bonds is 2. The first-order valence-corrected chi connectivity index (χ1v) is 10.4. The highest BCUT2D eigenvalue weighted by Gasteiger charge is 2.28. The topological polar surface area (TPSA) is 21.7 Å². The van der Waals surface area contributed by atoms with E-state index in [1.54, 1.807) is 0 Å². The van der Waals surface area contributed by atoms with E-state index >= 15 is 0 Å². The second-order valence-corrected chi connectivity index (χ2v) is 8.83. The monoisotopic (exact) mass is 637 g/mol. The number of hydrogen-bond acceptors (Lipinski definition) is 1. The quantitative estimate of drug-likeness (QED) is 0.312. The molecule has 0 bridgehead atoms. The summed E-state index contributed by atoms with van der Waals surface area (Å²) in [5, 5.41) is 4.97. The molecule has 1 aromatic heterocycles. The van der Waals surface area contributed by atoms with Crippen molar-refractivity contribution in [3.05, 3.63) is 65.0 Å². The fourth-order valence-corrected chi connectivity index (χ4v) is 4.77. The predicted molar refractivity (Wildman–Crippen MR) is 119 cm³/mol. The van der Waals surface area contributed by atoms with Crippen molar-refractivity contribution in [3.8, 4) is 11.4 Å². The molecule has 0 radical (unpaired) electrons. The van der Waals surface area contributed by atoms with Crippen LogP contribution in [0, 0.1) is 48.9 Å². The highest BCUT2D eigenvalue weighted by atomic mass is 127. The fraction of sp³-hybridized carbons (Fsp3) is 0.300. The number of benzene rings is 2. The summed E-state index contributed by atoms with van der Waals surface area (Å²) in [5.41, 5.74) is 9.92. The summed E-state index contributed by atoms with van der Waals surface area (Å²) in [7, 11) is 0. The van der Waals surface area contributed by atoms with Gasteiger partial charge in [-0.05, 0) is 63.8 Å². The fourth-order valence-electron chi connectivity index (χ4n) is 3.64. The smallest absolute Gasteiger partial charge is 0.247 e. The molecule has 0 aliphatic heterocycles. The molecule has 0 fully saturated rings. The summed E-state index contributed by atoms with van der Waals surface area (Å²) in [6, 6.07) is 8.89. The van der Waals surface area contributed by atoms with Crippen molar-refractivity contribution in [1.29, 1.82) is 0 Å². The third-order valence-corrected chi connectivity index (χ3v) is 7.38. The van der Waals surface area contributed by atoms with Gasteiger partial charge >= 0.3 is 0 Å². The summed E-state index contributed by atoms with van der Waals surface area (Å²) in [5.74, 6) is 0. The Bertz CT molecular complexity index is 869. The molecule has 3 aromatic rings. The summed E-state index contributed by atoms with van der Waals surface area (Å²) in [6.45, 7) is 12.9. The SMILES string of the molecule is Cc1cc(C)c(-n2n[n+](-c3c(C)cc(C)cc3C)c(I)c2I)c(C)c1.[Br-]. The van der Waals surface area contributed by atoms with E-state index in [-0.39, 0.29) is 17.0 Å². The number of nitrogens with zero attached hydrogens (tertiary/aromatic N) is 3. The van der Waals surface area contributed by atoms with E-state index in [2.05, 4.69) is 120 Å². The Morgan fingerprint density at radius 1 is 0.769 bits per heavy atom. The second-order valence-electron chi connectivity index (χ2n) is 6.79. The number of halogens is 3. The van der Waals surface area contributed by atoms with E-state index < -0.39 is 0 Å². The van der Waals surface area contributed by atoms with E-state index in [0.717, 1.165) is 7.40 Å². The number of aromatic nitrogens is 3. The molecule has 0 saturated carbocycles. The normalized spacial score (nSPS) is 10.8. The molecule has 0 spiro atoms. The van der Waals surface area contributed by atoms with Crippen molar-refractivity contribution in [2.45, 2.75) is 41.5 Å². The van der Waals surface area contributed by atoms with Gasteiger partial charge in [-0.15, -0.1) is 0 Å². The van der Waals surface area contributed by atoms with Crippen LogP contribution in [0.25, 0.3) is 11.4 Å². The molecular weight excluding hydrogens is 616 g/mol. The molecule has 0 aliphatic rings. The van der Waals surface area contributed by atoms with Crippen molar-refractivity contribution in [3.63, 3.8) is 0 Å². The lowest BCUT2D eigenvalue weighted by Gasteiger charge is -2.07. The van der Waals surface area contributed by atoms with E-state index in [1.165, 1.54) is 44.8 Å². The van der Waals surface area contributed by atoms with Gasteiger partial charge in [0.2, 0.25) is 7.40 Å². The Morgan fingerprint density at radius 2 is 1.19 bits per heavy atom. The minimum absolute atomic E-state index is 0. The van der Waals surface area contributed by atoms with Gasteiger partial charge < -0.3 is 17.0 Å². The lowest BCUT2D eigenvalue weighted by molar-refractivity contribution is -0.674. The zero-order valence-corrected chi connectivity index (χ0v) is 21.7. The maximum atomic E-state index is 4.97. The predicted octanol–water partition coefficient (Wildman–Crippen LogP) is 2.21. The molecular formula is C20H22BrI2N3. The van der Waals surface area contributed by atoms with Crippen LogP contribution in [0.4, 0.5) is 0 Å². The first kappa shape index (κ1) is 21.8. The first-order valence-electron chi connectivity index (χ1n) is 8.23. The zero-order chi connectivity index (χ0) is 18.5. The first-order chi connectivity index (χ1) is 11.7. The molecule has 2 aromatic carbocycles. The summed E-state index contributed by atoms with van der Waals surface area (Å²) in [4.78, 5) is 0. The second kappa shape index (κ2) is 8.26. The molecule has 0 amide bonds. The van der Waals surface area contributed by atoms with Crippen LogP contribution in [0.2, 0.25) is 0 Å². The zero-order valence-electron chi connectivity index (χ0n) is 15.8. The van der Waals surface area contributed by atoms with E-state index in [1.807, 2.05) is 0 Å². The van der Waals surface area contributed by atoms with Crippen molar-refractivity contribution in [1.82, 2.24) is 9.90 Å². The molecule has 3 nitrogen and oxygen atoms in total. The highest BCUT2D eigenvalue weighted by Crippen LogP contribution is 2.25. The molecule has 6 heteroatoms. The van der Waals surface area contributed by atoms with Crippen molar-refractivity contribution in [2.24, 2.45) is 0 Å². The summed E-state index contributed by atoms with van der Waals surface area (Å²) < 4.78 is 6.41. The maximum Gasteiger partial charge on any atom is 0.247 e. The Balaban J connectivity index is 0.00000243. The van der Waals surface area contributed by atoms with Gasteiger partial charge in [-0.25, -0.2) is 0 Å². The highest BCUT2D eigenvalue weighted by molar-refractivity contribution is 14.1. The van der Waals surface area contributed by atoms with Crippen LogP contribution in [0.1, 0.15) is 33.4 Å². The lowest BCUT2D eigenvalue weighted by Crippen LogP contribution is -3.00. The van der Waals surface area contributed by atoms with Gasteiger partial charge in [-0.2, -0.15) is 0 Å². The molecule has 26 heavy (non-hydrogen) atoms. The Kier molecular flexibility index (Phi) is 6.93. The summed E-state index contributed by atoms with van der Waals surface area (Å²) >= 11 is 4.80. The molecule has 0 aliphatic carbocycles.